The zero-order valence-electron chi connectivity index (χ0n) is 12.0. The van der Waals surface area contributed by atoms with E-state index in [4.69, 9.17) is 16.3 Å². The van der Waals surface area contributed by atoms with Crippen molar-refractivity contribution < 1.29 is 23.1 Å². The molecule has 0 saturated heterocycles. The van der Waals surface area contributed by atoms with E-state index in [0.717, 1.165) is 18.2 Å². The molecular formula is C16H12ClF2NO3. The first-order chi connectivity index (χ1) is 10.9. The van der Waals surface area contributed by atoms with Crippen molar-refractivity contribution >= 4 is 29.2 Å². The fraction of sp³-hybridized carbons (Fsp3) is 0.125. The van der Waals surface area contributed by atoms with E-state index in [1.165, 1.54) is 18.2 Å². The number of esters is 1. The zero-order valence-corrected chi connectivity index (χ0v) is 12.8. The highest BCUT2D eigenvalue weighted by Crippen LogP contribution is 2.22. The SMILES string of the molecule is Cc1ccc(C(=O)OCC(=O)Nc2cc(F)ccc2Cl)cc1F. The Balaban J connectivity index is 1.94. The maximum atomic E-state index is 13.4. The summed E-state index contributed by atoms with van der Waals surface area (Å²) >= 11 is 5.80. The molecule has 0 spiro atoms. The number of nitrogens with one attached hydrogen (secondary N) is 1. The second kappa shape index (κ2) is 7.19. The highest BCUT2D eigenvalue weighted by Gasteiger charge is 2.13. The Morgan fingerprint density at radius 2 is 1.91 bits per heavy atom. The van der Waals surface area contributed by atoms with Crippen LogP contribution < -0.4 is 5.32 Å². The van der Waals surface area contributed by atoms with Gasteiger partial charge in [-0.1, -0.05) is 17.7 Å². The molecular weight excluding hydrogens is 328 g/mol. The molecule has 1 amide bonds. The summed E-state index contributed by atoms with van der Waals surface area (Å²) < 4.78 is 31.2. The molecule has 0 aliphatic carbocycles. The van der Waals surface area contributed by atoms with Crippen molar-refractivity contribution in [3.8, 4) is 0 Å². The third-order valence-electron chi connectivity index (χ3n) is 2.94. The predicted molar refractivity (Wildman–Crippen MR) is 81.5 cm³/mol. The van der Waals surface area contributed by atoms with Crippen LogP contribution in [-0.2, 0) is 9.53 Å². The van der Waals surface area contributed by atoms with Gasteiger partial charge in [0.2, 0.25) is 0 Å². The number of aryl methyl sites for hydroxylation is 1. The van der Waals surface area contributed by atoms with Crippen molar-refractivity contribution in [1.82, 2.24) is 0 Å². The van der Waals surface area contributed by atoms with Gasteiger partial charge in [-0.25, -0.2) is 13.6 Å². The quantitative estimate of drug-likeness (QED) is 0.864. The van der Waals surface area contributed by atoms with E-state index >= 15 is 0 Å². The fourth-order valence-corrected chi connectivity index (χ4v) is 1.88. The third-order valence-corrected chi connectivity index (χ3v) is 3.27. The Labute approximate surface area is 136 Å². The van der Waals surface area contributed by atoms with Crippen molar-refractivity contribution in [3.63, 3.8) is 0 Å². The van der Waals surface area contributed by atoms with Crippen LogP contribution in [-0.4, -0.2) is 18.5 Å². The van der Waals surface area contributed by atoms with E-state index in [2.05, 4.69) is 5.32 Å². The summed E-state index contributed by atoms with van der Waals surface area (Å²) in [6.07, 6.45) is 0. The second-order valence-electron chi connectivity index (χ2n) is 4.71. The standard InChI is InChI=1S/C16H12ClF2NO3/c1-9-2-3-10(6-13(9)19)16(22)23-8-15(21)20-14-7-11(18)4-5-12(14)17/h2-7H,8H2,1H3,(H,20,21). The van der Waals surface area contributed by atoms with Crippen LogP contribution in [0.2, 0.25) is 5.02 Å². The lowest BCUT2D eigenvalue weighted by molar-refractivity contribution is -0.119. The average Bonchev–Trinajstić information content (AvgIpc) is 2.51. The molecule has 1 N–H and O–H groups in total. The molecule has 0 heterocycles. The molecule has 0 atom stereocenters. The van der Waals surface area contributed by atoms with Crippen molar-refractivity contribution in [2.24, 2.45) is 0 Å². The second-order valence-corrected chi connectivity index (χ2v) is 5.12. The van der Waals surface area contributed by atoms with Crippen LogP contribution in [0.25, 0.3) is 0 Å². The molecule has 0 aliphatic heterocycles. The number of carbonyl (C=O) groups is 2. The number of ether oxygens (including phenoxy) is 1. The Morgan fingerprint density at radius 3 is 2.61 bits per heavy atom. The molecule has 0 radical (unpaired) electrons. The Kier molecular flexibility index (Phi) is 5.28. The van der Waals surface area contributed by atoms with Crippen LogP contribution in [0.1, 0.15) is 15.9 Å². The number of rotatable bonds is 4. The van der Waals surface area contributed by atoms with Gasteiger partial charge < -0.3 is 10.1 Å². The van der Waals surface area contributed by atoms with Gasteiger partial charge in [0.25, 0.3) is 5.91 Å². The van der Waals surface area contributed by atoms with Gasteiger partial charge in [0.1, 0.15) is 11.6 Å². The molecule has 0 aliphatic rings. The first-order valence-corrected chi connectivity index (χ1v) is 6.93. The summed E-state index contributed by atoms with van der Waals surface area (Å²) in [6, 6.07) is 7.31. The van der Waals surface area contributed by atoms with E-state index in [-0.39, 0.29) is 16.3 Å². The molecule has 0 aromatic heterocycles. The van der Waals surface area contributed by atoms with Gasteiger partial charge >= 0.3 is 5.97 Å². The Bertz CT molecular complexity index is 765. The van der Waals surface area contributed by atoms with E-state index in [9.17, 15) is 18.4 Å². The molecule has 0 fully saturated rings. The summed E-state index contributed by atoms with van der Waals surface area (Å²) in [4.78, 5) is 23.4. The van der Waals surface area contributed by atoms with Gasteiger partial charge in [-0.15, -0.1) is 0 Å². The van der Waals surface area contributed by atoms with E-state index < -0.39 is 30.1 Å². The Morgan fingerprint density at radius 1 is 1.17 bits per heavy atom. The Hall–Kier alpha value is -2.47. The van der Waals surface area contributed by atoms with Gasteiger partial charge in [0.15, 0.2) is 6.61 Å². The minimum absolute atomic E-state index is 0.00955. The largest absolute Gasteiger partial charge is 0.452 e. The summed E-state index contributed by atoms with van der Waals surface area (Å²) in [5, 5.41) is 2.46. The van der Waals surface area contributed by atoms with Crippen molar-refractivity contribution in [1.29, 1.82) is 0 Å². The zero-order chi connectivity index (χ0) is 17.0. The molecule has 120 valence electrons. The monoisotopic (exact) mass is 339 g/mol. The van der Waals surface area contributed by atoms with Crippen LogP contribution >= 0.6 is 11.6 Å². The van der Waals surface area contributed by atoms with Crippen molar-refractivity contribution in [3.05, 3.63) is 64.2 Å². The normalized spacial score (nSPS) is 10.3. The molecule has 2 rings (SSSR count). The minimum Gasteiger partial charge on any atom is -0.452 e. The minimum atomic E-state index is -0.843. The number of hydrogen-bond donors (Lipinski definition) is 1. The number of carbonyl (C=O) groups excluding carboxylic acids is 2. The molecule has 0 unspecified atom stereocenters. The highest BCUT2D eigenvalue weighted by atomic mass is 35.5. The lowest BCUT2D eigenvalue weighted by Gasteiger charge is -2.08. The molecule has 2 aromatic rings. The highest BCUT2D eigenvalue weighted by molar-refractivity contribution is 6.33. The first kappa shape index (κ1) is 16.9. The van der Waals surface area contributed by atoms with Crippen LogP contribution in [0.5, 0.6) is 0 Å². The van der Waals surface area contributed by atoms with Crippen LogP contribution in [0.15, 0.2) is 36.4 Å². The van der Waals surface area contributed by atoms with Gasteiger partial charge in [-0.2, -0.15) is 0 Å². The first-order valence-electron chi connectivity index (χ1n) is 6.55. The average molecular weight is 340 g/mol. The van der Waals surface area contributed by atoms with Crippen molar-refractivity contribution in [2.75, 3.05) is 11.9 Å². The molecule has 23 heavy (non-hydrogen) atoms. The smallest absolute Gasteiger partial charge is 0.338 e. The molecule has 7 heteroatoms. The summed E-state index contributed by atoms with van der Waals surface area (Å²) in [5.74, 6) is -2.66. The maximum Gasteiger partial charge on any atom is 0.338 e. The molecule has 2 aromatic carbocycles. The molecule has 4 nitrogen and oxygen atoms in total. The lowest BCUT2D eigenvalue weighted by atomic mass is 10.1. The van der Waals surface area contributed by atoms with Crippen molar-refractivity contribution in [2.45, 2.75) is 6.92 Å². The number of benzene rings is 2. The number of hydrogen-bond acceptors (Lipinski definition) is 3. The van der Waals surface area contributed by atoms with E-state index in [1.54, 1.807) is 6.92 Å². The van der Waals surface area contributed by atoms with E-state index in [0.29, 0.717) is 5.56 Å². The summed E-state index contributed by atoms with van der Waals surface area (Å²) in [5.41, 5.74) is 0.443. The van der Waals surface area contributed by atoms with Crippen LogP contribution in [0, 0.1) is 18.6 Å². The molecule has 0 bridgehead atoms. The predicted octanol–water partition coefficient (Wildman–Crippen LogP) is 3.72. The van der Waals surface area contributed by atoms with Gasteiger partial charge in [0.05, 0.1) is 16.3 Å². The summed E-state index contributed by atoms with van der Waals surface area (Å²) in [7, 11) is 0. The van der Waals surface area contributed by atoms with Crippen LogP contribution in [0.4, 0.5) is 14.5 Å². The van der Waals surface area contributed by atoms with Gasteiger partial charge in [0, 0.05) is 0 Å². The molecule has 0 saturated carbocycles. The third kappa shape index (κ3) is 4.50. The summed E-state index contributed by atoms with van der Waals surface area (Å²) in [6.45, 7) is 0.946. The maximum absolute atomic E-state index is 13.4. The number of anilines is 1. The van der Waals surface area contributed by atoms with Gasteiger partial charge in [-0.05, 0) is 42.8 Å². The van der Waals surface area contributed by atoms with Crippen LogP contribution in [0.3, 0.4) is 0 Å². The van der Waals surface area contributed by atoms with E-state index in [1.807, 2.05) is 0 Å². The number of halogens is 3. The number of amides is 1. The van der Waals surface area contributed by atoms with Gasteiger partial charge in [-0.3, -0.25) is 4.79 Å². The topological polar surface area (TPSA) is 55.4 Å². The fourth-order valence-electron chi connectivity index (χ4n) is 1.71. The lowest BCUT2D eigenvalue weighted by Crippen LogP contribution is -2.21.